The minimum absolute atomic E-state index is 0.272. The van der Waals surface area contributed by atoms with Gasteiger partial charge in [0, 0.05) is 69.7 Å². The monoisotopic (exact) mass is 748 g/mol. The van der Waals surface area contributed by atoms with Crippen LogP contribution in [0.4, 0.5) is 0 Å². The van der Waals surface area contributed by atoms with Gasteiger partial charge in [-0.1, -0.05) is 146 Å². The lowest BCUT2D eigenvalue weighted by atomic mass is 10.00. The standard InChI is InChI=1S/C51H32N4OS/c1-3-13-31(14-4-1)49-52-50(32-15-5-2-6-16-32)54-51(53-49)33-25-27-37-39-19-11-20-40(47(39)56-45(37)29-33)42-22-12-21-41-38-28-26-34(30-46(38)57-48(41)42)55-43-23-9-7-17-35(43)36-18-8-10-24-44(36)55/h1-30,49H,(H,52,53,54). The molecule has 1 aliphatic heterocycles. The summed E-state index contributed by atoms with van der Waals surface area (Å²) in [7, 11) is 0. The molecule has 5 nitrogen and oxygen atoms in total. The highest BCUT2D eigenvalue weighted by molar-refractivity contribution is 7.26. The van der Waals surface area contributed by atoms with Crippen LogP contribution in [0.15, 0.2) is 196 Å². The minimum atomic E-state index is -0.272. The van der Waals surface area contributed by atoms with E-state index in [1.807, 2.05) is 47.7 Å². The first-order chi connectivity index (χ1) is 28.2. The number of benzene rings is 8. The zero-order valence-corrected chi connectivity index (χ0v) is 31.4. The molecule has 57 heavy (non-hydrogen) atoms. The topological polar surface area (TPSA) is 54.8 Å². The molecule has 12 rings (SSSR count). The van der Waals surface area contributed by atoms with Gasteiger partial charge in [0.25, 0.3) is 0 Å². The molecule has 0 radical (unpaired) electrons. The maximum absolute atomic E-state index is 6.85. The Morgan fingerprint density at radius 1 is 0.526 bits per heavy atom. The van der Waals surface area contributed by atoms with Crippen molar-refractivity contribution >= 4 is 86.9 Å². The SMILES string of the molecule is c1ccc(C2=NC(c3ccc4c(c3)oc3c(-c5cccc6c5sc5cc(-n7c8ccccc8c8ccccc87)ccc56)cccc34)=NC(c3ccccc3)N2)cc1. The van der Waals surface area contributed by atoms with Crippen molar-refractivity contribution in [2.45, 2.75) is 6.17 Å². The normalized spacial score (nSPS) is 14.5. The molecule has 11 aromatic rings. The van der Waals surface area contributed by atoms with Crippen LogP contribution in [-0.2, 0) is 0 Å². The van der Waals surface area contributed by atoms with Crippen LogP contribution in [0.2, 0.25) is 0 Å². The molecule has 4 heterocycles. The molecule has 3 aromatic heterocycles. The molecule has 268 valence electrons. The van der Waals surface area contributed by atoms with Crippen molar-refractivity contribution in [3.63, 3.8) is 0 Å². The van der Waals surface area contributed by atoms with Gasteiger partial charge in [-0.3, -0.25) is 0 Å². The van der Waals surface area contributed by atoms with Crippen LogP contribution in [0.3, 0.4) is 0 Å². The van der Waals surface area contributed by atoms with E-state index >= 15 is 0 Å². The van der Waals surface area contributed by atoms with Gasteiger partial charge < -0.3 is 14.3 Å². The summed E-state index contributed by atoms with van der Waals surface area (Å²) in [4.78, 5) is 10.2. The Kier molecular flexibility index (Phi) is 7.09. The summed E-state index contributed by atoms with van der Waals surface area (Å²) in [6.07, 6.45) is -0.272. The number of hydrogen-bond donors (Lipinski definition) is 1. The van der Waals surface area contributed by atoms with Crippen molar-refractivity contribution in [2.24, 2.45) is 9.98 Å². The van der Waals surface area contributed by atoms with Gasteiger partial charge in [-0.05, 0) is 42.0 Å². The van der Waals surface area contributed by atoms with Crippen molar-refractivity contribution in [3.05, 3.63) is 199 Å². The van der Waals surface area contributed by atoms with Crippen LogP contribution < -0.4 is 5.32 Å². The van der Waals surface area contributed by atoms with E-state index in [9.17, 15) is 0 Å². The molecule has 1 atom stereocenters. The van der Waals surface area contributed by atoms with E-state index in [0.29, 0.717) is 5.84 Å². The van der Waals surface area contributed by atoms with E-state index in [4.69, 9.17) is 14.4 Å². The number of nitrogens with zero attached hydrogens (tertiary/aromatic N) is 3. The highest BCUT2D eigenvalue weighted by atomic mass is 32.1. The Hall–Kier alpha value is -7.28. The predicted molar refractivity (Wildman–Crippen MR) is 238 cm³/mol. The molecular weight excluding hydrogens is 717 g/mol. The molecule has 0 fully saturated rings. The summed E-state index contributed by atoms with van der Waals surface area (Å²) in [5.74, 6) is 1.46. The van der Waals surface area contributed by atoms with Crippen molar-refractivity contribution in [1.82, 2.24) is 9.88 Å². The fourth-order valence-corrected chi connectivity index (χ4v) is 9.88. The fourth-order valence-electron chi connectivity index (χ4n) is 8.62. The van der Waals surface area contributed by atoms with E-state index in [-0.39, 0.29) is 6.17 Å². The number of amidine groups is 2. The molecule has 0 aliphatic carbocycles. The number of nitrogens with one attached hydrogen (secondary N) is 1. The molecule has 1 N–H and O–H groups in total. The minimum Gasteiger partial charge on any atom is -0.455 e. The van der Waals surface area contributed by atoms with Gasteiger partial charge >= 0.3 is 0 Å². The molecule has 6 heteroatoms. The van der Waals surface area contributed by atoms with Crippen LogP contribution in [0.25, 0.3) is 80.7 Å². The van der Waals surface area contributed by atoms with Gasteiger partial charge in [0.2, 0.25) is 0 Å². The Morgan fingerprint density at radius 3 is 1.98 bits per heavy atom. The highest BCUT2D eigenvalue weighted by Crippen LogP contribution is 2.44. The molecular formula is C51H32N4OS. The Balaban J connectivity index is 0.981. The van der Waals surface area contributed by atoms with Crippen molar-refractivity contribution in [3.8, 4) is 16.8 Å². The molecule has 0 saturated carbocycles. The van der Waals surface area contributed by atoms with Gasteiger partial charge in [-0.2, -0.15) is 0 Å². The first kappa shape index (κ1) is 32.0. The summed E-state index contributed by atoms with van der Waals surface area (Å²) in [5, 5.41) is 10.8. The number of fused-ring (bicyclic) bond motifs is 9. The van der Waals surface area contributed by atoms with Crippen molar-refractivity contribution < 1.29 is 4.42 Å². The predicted octanol–water partition coefficient (Wildman–Crippen LogP) is 13.2. The molecule has 1 aliphatic rings. The second-order valence-electron chi connectivity index (χ2n) is 14.6. The molecule has 1 unspecified atom stereocenters. The summed E-state index contributed by atoms with van der Waals surface area (Å²) < 4.78 is 11.7. The summed E-state index contributed by atoms with van der Waals surface area (Å²) in [6.45, 7) is 0. The quantitative estimate of drug-likeness (QED) is 0.191. The van der Waals surface area contributed by atoms with Crippen LogP contribution in [0.1, 0.15) is 22.9 Å². The van der Waals surface area contributed by atoms with Crippen LogP contribution in [0.5, 0.6) is 0 Å². The molecule has 0 spiro atoms. The van der Waals surface area contributed by atoms with E-state index in [1.165, 1.54) is 47.5 Å². The maximum Gasteiger partial charge on any atom is 0.159 e. The summed E-state index contributed by atoms with van der Waals surface area (Å²) >= 11 is 1.85. The smallest absolute Gasteiger partial charge is 0.159 e. The second-order valence-corrected chi connectivity index (χ2v) is 15.6. The van der Waals surface area contributed by atoms with Gasteiger partial charge in [0.15, 0.2) is 5.84 Å². The first-order valence-electron chi connectivity index (χ1n) is 19.2. The number of para-hydroxylation sites is 3. The van der Waals surface area contributed by atoms with E-state index < -0.39 is 0 Å². The average Bonchev–Trinajstić information content (AvgIpc) is 3.96. The third-order valence-corrected chi connectivity index (χ3v) is 12.5. The maximum atomic E-state index is 6.85. The van der Waals surface area contributed by atoms with E-state index in [0.717, 1.165) is 55.7 Å². The van der Waals surface area contributed by atoms with E-state index in [2.05, 4.69) is 155 Å². The van der Waals surface area contributed by atoms with Gasteiger partial charge in [-0.15, -0.1) is 11.3 Å². The zero-order chi connectivity index (χ0) is 37.5. The Bertz CT molecular complexity index is 3390. The largest absolute Gasteiger partial charge is 0.455 e. The fraction of sp³-hybridized carbons (Fsp3) is 0.0196. The first-order valence-corrected chi connectivity index (χ1v) is 20.0. The number of aromatic nitrogens is 1. The lowest BCUT2D eigenvalue weighted by Gasteiger charge is -2.23. The van der Waals surface area contributed by atoms with Crippen molar-refractivity contribution in [2.75, 3.05) is 0 Å². The highest BCUT2D eigenvalue weighted by Gasteiger charge is 2.23. The van der Waals surface area contributed by atoms with Gasteiger partial charge in [-0.25, -0.2) is 9.98 Å². The van der Waals surface area contributed by atoms with Crippen LogP contribution >= 0.6 is 11.3 Å². The number of thiophene rings is 1. The number of furan rings is 1. The van der Waals surface area contributed by atoms with Crippen molar-refractivity contribution in [1.29, 1.82) is 0 Å². The van der Waals surface area contributed by atoms with Crippen LogP contribution in [-0.4, -0.2) is 16.2 Å². The molecule has 8 aromatic carbocycles. The zero-order valence-electron chi connectivity index (χ0n) is 30.6. The molecule has 0 amide bonds. The number of rotatable bonds is 5. The average molecular weight is 749 g/mol. The third-order valence-electron chi connectivity index (χ3n) is 11.3. The third kappa shape index (κ3) is 5.08. The lowest BCUT2D eigenvalue weighted by molar-refractivity contribution is 0.668. The summed E-state index contributed by atoms with van der Waals surface area (Å²) in [5.41, 5.74) is 10.5. The molecule has 0 bridgehead atoms. The van der Waals surface area contributed by atoms with Gasteiger partial charge in [0.05, 0.1) is 11.0 Å². The Morgan fingerprint density at radius 2 is 1.19 bits per heavy atom. The lowest BCUT2D eigenvalue weighted by Crippen LogP contribution is -2.33. The Labute approximate surface area is 331 Å². The van der Waals surface area contributed by atoms with E-state index in [1.54, 1.807) is 0 Å². The van der Waals surface area contributed by atoms with Gasteiger partial charge in [0.1, 0.15) is 23.2 Å². The summed E-state index contributed by atoms with van der Waals surface area (Å²) in [6, 6.07) is 64.3. The second kappa shape index (κ2) is 12.6. The number of aliphatic imine (C=N–C) groups is 2. The number of hydrogen-bond acceptors (Lipinski definition) is 5. The van der Waals surface area contributed by atoms with Crippen LogP contribution in [0, 0.1) is 0 Å². The molecule has 0 saturated heterocycles.